The van der Waals surface area contributed by atoms with E-state index in [0.29, 0.717) is 6.67 Å². The summed E-state index contributed by atoms with van der Waals surface area (Å²) < 4.78 is 4.48. The van der Waals surface area contributed by atoms with Crippen LogP contribution in [-0.4, -0.2) is 29.9 Å². The van der Waals surface area contributed by atoms with Crippen LogP contribution >= 0.6 is 0 Å². The summed E-state index contributed by atoms with van der Waals surface area (Å²) in [5, 5.41) is 6.12. The van der Waals surface area contributed by atoms with Crippen LogP contribution in [0.25, 0.3) is 111 Å². The maximum Gasteiger partial charge on any atom is 0.344 e. The molecular weight excluding hydrogens is 653 g/mol. The average molecular weight is 681 g/mol. The Bertz CT molecular complexity index is 3430. The normalized spacial score (nSPS) is 12.0. The van der Waals surface area contributed by atoms with E-state index in [1.54, 1.807) is 0 Å². The predicted octanol–water partition coefficient (Wildman–Crippen LogP) is 8.80. The molecule has 6 aromatic heterocycles. The first kappa shape index (κ1) is 29.4. The van der Waals surface area contributed by atoms with E-state index in [9.17, 15) is 0 Å². The van der Waals surface area contributed by atoms with Gasteiger partial charge in [0, 0.05) is 35.3 Å². The second kappa shape index (κ2) is 11.1. The molecule has 0 fully saturated rings. The van der Waals surface area contributed by atoms with Crippen molar-refractivity contribution in [1.82, 2.24) is 29.9 Å². The van der Waals surface area contributed by atoms with Gasteiger partial charge in [0.1, 0.15) is 22.1 Å². The molecule has 5 aromatic carbocycles. The Morgan fingerprint density at radius 3 is 1.32 bits per heavy atom. The Morgan fingerprint density at radius 2 is 0.868 bits per heavy atom. The van der Waals surface area contributed by atoms with Crippen LogP contribution in [0.5, 0.6) is 0 Å². The van der Waals surface area contributed by atoms with Gasteiger partial charge in [0.2, 0.25) is 11.0 Å². The molecule has 0 atom stereocenters. The molecule has 0 aliphatic carbocycles. The zero-order valence-corrected chi connectivity index (χ0v) is 28.4. The van der Waals surface area contributed by atoms with Crippen LogP contribution in [0.3, 0.4) is 0 Å². The third kappa shape index (κ3) is 4.29. The van der Waals surface area contributed by atoms with Crippen molar-refractivity contribution < 1.29 is 9.13 Å². The van der Waals surface area contributed by atoms with Crippen LogP contribution in [0.1, 0.15) is 11.1 Å². The molecule has 0 unspecified atom stereocenters. The fraction of sp³-hybridized carbons (Fsp3) is 0.0222. The molecule has 0 aliphatic heterocycles. The van der Waals surface area contributed by atoms with Gasteiger partial charge in [-0.2, -0.15) is 0 Å². The molecule has 8 heteroatoms. The monoisotopic (exact) mass is 680 g/mol. The summed E-state index contributed by atoms with van der Waals surface area (Å²) >= 11 is 0. The van der Waals surface area contributed by atoms with Gasteiger partial charge in [0.25, 0.3) is 0 Å². The van der Waals surface area contributed by atoms with E-state index in [2.05, 4.69) is 107 Å². The van der Waals surface area contributed by atoms with Gasteiger partial charge in [-0.15, -0.1) is 9.13 Å². The summed E-state index contributed by atoms with van der Waals surface area (Å²) in [6.45, 7) is 8.49. The predicted molar refractivity (Wildman–Crippen MR) is 213 cm³/mol. The number of fused-ring (bicyclic) bond motifs is 15. The summed E-state index contributed by atoms with van der Waals surface area (Å²) in [5.41, 5.74) is 12.2. The highest BCUT2D eigenvalue weighted by Gasteiger charge is 2.26. The Kier molecular flexibility index (Phi) is 6.15. The zero-order valence-electron chi connectivity index (χ0n) is 28.4. The van der Waals surface area contributed by atoms with Crippen LogP contribution in [0.2, 0.25) is 0 Å². The molecule has 0 radical (unpaired) electrons. The summed E-state index contributed by atoms with van der Waals surface area (Å²) in [5.74, 6) is 0. The molecule has 53 heavy (non-hydrogen) atoms. The standard InChI is InChI=1S/C45H28N8/c1-3-26-21-34-35(22-27(26)4-2)50-40-32-15-9-19-52(44(32)42-30(38(40)48-34)13-7-17-46-42)25-53-20-10-16-33-41-39(31-14-8-18-47-43(31)45(33)53)49-36-23-28-11-5-6-12-29(28)24-37(36)51-41/h3-24H,1-2,25H2/q+2. The maximum atomic E-state index is 5.28. The molecule has 0 spiro atoms. The van der Waals surface area contributed by atoms with Gasteiger partial charge in [0.05, 0.1) is 43.9 Å². The highest BCUT2D eigenvalue weighted by Crippen LogP contribution is 2.34. The molecule has 11 aromatic rings. The summed E-state index contributed by atoms with van der Waals surface area (Å²) in [7, 11) is 0. The van der Waals surface area contributed by atoms with Gasteiger partial charge in [-0.25, -0.2) is 29.9 Å². The van der Waals surface area contributed by atoms with Gasteiger partial charge < -0.3 is 0 Å². The molecule has 0 bridgehead atoms. The quantitative estimate of drug-likeness (QED) is 0.105. The van der Waals surface area contributed by atoms with Gasteiger partial charge in [-0.3, -0.25) is 0 Å². The first-order valence-electron chi connectivity index (χ1n) is 17.5. The topological polar surface area (TPSA) is 85.1 Å². The van der Waals surface area contributed by atoms with E-state index in [4.69, 9.17) is 29.9 Å². The Balaban J connectivity index is 1.19. The number of rotatable bonds is 4. The van der Waals surface area contributed by atoms with E-state index in [1.807, 2.05) is 48.8 Å². The minimum Gasteiger partial charge on any atom is -0.249 e. The van der Waals surface area contributed by atoms with Crippen molar-refractivity contribution in [2.75, 3.05) is 0 Å². The highest BCUT2D eigenvalue weighted by molar-refractivity contribution is 6.22. The molecule has 246 valence electrons. The van der Waals surface area contributed by atoms with Crippen LogP contribution < -0.4 is 9.13 Å². The zero-order chi connectivity index (χ0) is 35.2. The van der Waals surface area contributed by atoms with Crippen LogP contribution in [0.4, 0.5) is 0 Å². The Labute approximate surface area is 301 Å². The molecule has 0 amide bonds. The largest absolute Gasteiger partial charge is 0.344 e. The third-order valence-corrected chi connectivity index (χ3v) is 10.4. The molecule has 8 nitrogen and oxygen atoms in total. The number of benzene rings is 5. The number of nitrogens with zero attached hydrogens (tertiary/aromatic N) is 8. The maximum absolute atomic E-state index is 5.28. The lowest BCUT2D eigenvalue weighted by Gasteiger charge is -2.11. The number of aromatic nitrogens is 8. The minimum atomic E-state index is 0.485. The van der Waals surface area contributed by atoms with E-state index < -0.39 is 0 Å². The first-order valence-corrected chi connectivity index (χ1v) is 17.5. The van der Waals surface area contributed by atoms with Crippen molar-refractivity contribution in [1.29, 1.82) is 0 Å². The summed E-state index contributed by atoms with van der Waals surface area (Å²) in [6, 6.07) is 33.1. The van der Waals surface area contributed by atoms with Crippen LogP contribution in [0.15, 0.2) is 135 Å². The van der Waals surface area contributed by atoms with E-state index in [0.717, 1.165) is 110 Å². The van der Waals surface area contributed by atoms with Crippen molar-refractivity contribution in [2.45, 2.75) is 6.67 Å². The van der Waals surface area contributed by atoms with Crippen molar-refractivity contribution in [3.05, 3.63) is 146 Å². The lowest BCUT2D eigenvalue weighted by atomic mass is 10.0. The van der Waals surface area contributed by atoms with E-state index >= 15 is 0 Å². The highest BCUT2D eigenvalue weighted by atomic mass is 15.1. The van der Waals surface area contributed by atoms with E-state index in [-0.39, 0.29) is 0 Å². The summed E-state index contributed by atoms with van der Waals surface area (Å²) in [4.78, 5) is 30.8. The fourth-order valence-corrected chi connectivity index (χ4v) is 7.96. The number of hydrogen-bond donors (Lipinski definition) is 0. The molecule has 0 saturated heterocycles. The molecule has 11 rings (SSSR count). The Hall–Kier alpha value is -7.32. The second-order valence-electron chi connectivity index (χ2n) is 13.3. The lowest BCUT2D eigenvalue weighted by molar-refractivity contribution is -0.889. The molecule has 0 N–H and O–H groups in total. The van der Waals surface area contributed by atoms with Crippen molar-refractivity contribution >= 4 is 111 Å². The van der Waals surface area contributed by atoms with Gasteiger partial charge >= 0.3 is 6.67 Å². The first-order chi connectivity index (χ1) is 26.2. The van der Waals surface area contributed by atoms with Crippen LogP contribution in [0, 0.1) is 0 Å². The molecule has 0 aliphatic rings. The lowest BCUT2D eigenvalue weighted by Crippen LogP contribution is -2.52. The van der Waals surface area contributed by atoms with E-state index in [1.165, 1.54) is 0 Å². The SMILES string of the molecule is C=Cc1cc2nc3c4cccnc4c4c(ccc[n+]4C[n+]4cccc5c6nc7cc8ccccc8cc7nc6c6cccnc6c54)c3nc2cc1C=C. The van der Waals surface area contributed by atoms with Crippen molar-refractivity contribution in [3.63, 3.8) is 0 Å². The Morgan fingerprint density at radius 1 is 0.453 bits per heavy atom. The van der Waals surface area contributed by atoms with Gasteiger partial charge in [0.15, 0.2) is 12.4 Å². The molecule has 6 heterocycles. The average Bonchev–Trinajstić information content (AvgIpc) is 3.21. The van der Waals surface area contributed by atoms with Crippen molar-refractivity contribution in [2.24, 2.45) is 0 Å². The molecular formula is C45H28N8+2. The van der Waals surface area contributed by atoms with Gasteiger partial charge in [-0.1, -0.05) is 49.6 Å². The smallest absolute Gasteiger partial charge is 0.249 e. The van der Waals surface area contributed by atoms with Crippen LogP contribution in [-0.2, 0) is 6.67 Å². The summed E-state index contributed by atoms with van der Waals surface area (Å²) in [6.07, 6.45) is 11.6. The number of pyridine rings is 4. The fourth-order valence-electron chi connectivity index (χ4n) is 7.96. The minimum absolute atomic E-state index is 0.485. The van der Waals surface area contributed by atoms with Crippen molar-refractivity contribution in [3.8, 4) is 0 Å². The van der Waals surface area contributed by atoms with Gasteiger partial charge in [-0.05, 0) is 82.6 Å². The molecule has 0 saturated carbocycles. The second-order valence-corrected chi connectivity index (χ2v) is 13.3. The third-order valence-electron chi connectivity index (χ3n) is 10.4. The number of hydrogen-bond acceptors (Lipinski definition) is 6.